The van der Waals surface area contributed by atoms with Gasteiger partial charge in [-0.1, -0.05) is 77.5 Å². The molecule has 5 nitrogen and oxygen atoms in total. The maximum absolute atomic E-state index is 12.7. The zero-order valence-corrected chi connectivity index (χ0v) is 19.5. The molecule has 6 heteroatoms. The third-order valence-electron chi connectivity index (χ3n) is 5.17. The molecule has 0 aliphatic carbocycles. The van der Waals surface area contributed by atoms with Gasteiger partial charge in [0, 0.05) is 17.3 Å². The Kier molecular flexibility index (Phi) is 6.42. The molecule has 2 N–H and O–H groups in total. The van der Waals surface area contributed by atoms with E-state index in [1.165, 1.54) is 22.9 Å². The predicted octanol–water partition coefficient (Wildman–Crippen LogP) is 6.18. The van der Waals surface area contributed by atoms with Gasteiger partial charge in [0.25, 0.3) is 0 Å². The minimum Gasteiger partial charge on any atom is -0.332 e. The zero-order chi connectivity index (χ0) is 22.7. The van der Waals surface area contributed by atoms with Crippen molar-refractivity contribution in [3.05, 3.63) is 83.6 Å². The number of benzene rings is 2. The number of hydrogen-bond donors (Lipinski definition) is 2. The summed E-state index contributed by atoms with van der Waals surface area (Å²) in [6.45, 7) is 7.97. The number of carbonyl (C=O) groups is 1. The minimum absolute atomic E-state index is 0.114. The topological polar surface area (TPSA) is 70.7 Å². The van der Waals surface area contributed by atoms with Gasteiger partial charge in [0.1, 0.15) is 5.82 Å². The van der Waals surface area contributed by atoms with Gasteiger partial charge in [0.05, 0.1) is 16.6 Å². The molecule has 0 fully saturated rings. The second-order valence-electron chi connectivity index (χ2n) is 7.97. The lowest BCUT2D eigenvalue weighted by Gasteiger charge is -2.10. The fourth-order valence-electron chi connectivity index (χ4n) is 3.25. The maximum Gasteiger partial charge on any atom is 0.238 e. The molecule has 1 atom stereocenters. The summed E-state index contributed by atoms with van der Waals surface area (Å²) in [5, 5.41) is 3.23. The van der Waals surface area contributed by atoms with Crippen LogP contribution in [0.3, 0.4) is 0 Å². The molecule has 0 aliphatic heterocycles. The van der Waals surface area contributed by atoms with E-state index in [0.29, 0.717) is 11.0 Å². The van der Waals surface area contributed by atoms with Crippen molar-refractivity contribution in [2.24, 2.45) is 0 Å². The molecule has 1 unspecified atom stereocenters. The smallest absolute Gasteiger partial charge is 0.238 e. The first kappa shape index (κ1) is 21.8. The van der Waals surface area contributed by atoms with Gasteiger partial charge in [-0.25, -0.2) is 9.97 Å². The molecule has 2 aromatic heterocycles. The number of imidazole rings is 1. The van der Waals surface area contributed by atoms with Crippen LogP contribution in [0, 0.1) is 20.8 Å². The van der Waals surface area contributed by atoms with E-state index in [4.69, 9.17) is 4.98 Å². The number of carbonyl (C=O) groups excluding carboxylic acids is 1. The van der Waals surface area contributed by atoms with Crippen LogP contribution < -0.4 is 5.32 Å². The van der Waals surface area contributed by atoms with E-state index in [-0.39, 0.29) is 11.2 Å². The Hall–Kier alpha value is -3.38. The molecular weight excluding hydrogens is 416 g/mol. The summed E-state index contributed by atoms with van der Waals surface area (Å²) in [5.41, 5.74) is 7.38. The van der Waals surface area contributed by atoms with Crippen LogP contribution in [0.2, 0.25) is 0 Å². The third kappa shape index (κ3) is 5.08. The van der Waals surface area contributed by atoms with Gasteiger partial charge in [0.2, 0.25) is 5.91 Å². The standard InChI is InChI=1S/C26H26N4OS/c1-16-5-10-20(11-6-16)23-24(21-12-7-17(2)8-13-21)30-26(29-23)32-19(4)25(31)28-22-14-9-18(3)15-27-22/h5-15,19H,1-4H3,(H,29,30)(H,27,28,31). The van der Waals surface area contributed by atoms with Crippen LogP contribution in [0.4, 0.5) is 5.82 Å². The molecule has 0 saturated heterocycles. The summed E-state index contributed by atoms with van der Waals surface area (Å²) in [6.07, 6.45) is 1.74. The fourth-order valence-corrected chi connectivity index (χ4v) is 4.05. The number of hydrogen-bond acceptors (Lipinski definition) is 4. The van der Waals surface area contributed by atoms with Crippen molar-refractivity contribution in [2.45, 2.75) is 38.1 Å². The molecule has 2 heterocycles. The van der Waals surface area contributed by atoms with Crippen molar-refractivity contribution in [3.63, 3.8) is 0 Å². The van der Waals surface area contributed by atoms with Crippen molar-refractivity contribution < 1.29 is 4.79 Å². The second-order valence-corrected chi connectivity index (χ2v) is 9.30. The largest absolute Gasteiger partial charge is 0.332 e. The molecular formula is C26H26N4OS. The zero-order valence-electron chi connectivity index (χ0n) is 18.6. The van der Waals surface area contributed by atoms with Crippen molar-refractivity contribution in [1.29, 1.82) is 0 Å². The van der Waals surface area contributed by atoms with Crippen LogP contribution in [0.1, 0.15) is 23.6 Å². The van der Waals surface area contributed by atoms with E-state index in [1.807, 2.05) is 26.0 Å². The molecule has 0 spiro atoms. The van der Waals surface area contributed by atoms with Crippen molar-refractivity contribution in [2.75, 3.05) is 5.32 Å². The lowest BCUT2D eigenvalue weighted by molar-refractivity contribution is -0.115. The van der Waals surface area contributed by atoms with E-state index < -0.39 is 0 Å². The number of rotatable bonds is 6. The Morgan fingerprint density at radius 1 is 0.875 bits per heavy atom. The van der Waals surface area contributed by atoms with E-state index in [0.717, 1.165) is 28.1 Å². The molecule has 162 valence electrons. The lowest BCUT2D eigenvalue weighted by Crippen LogP contribution is -2.23. The first-order valence-electron chi connectivity index (χ1n) is 10.5. The highest BCUT2D eigenvalue weighted by Crippen LogP contribution is 2.34. The first-order valence-corrected chi connectivity index (χ1v) is 11.4. The summed E-state index contributed by atoms with van der Waals surface area (Å²) >= 11 is 1.40. The number of aryl methyl sites for hydroxylation is 3. The minimum atomic E-state index is -0.346. The summed E-state index contributed by atoms with van der Waals surface area (Å²) in [4.78, 5) is 25.3. The van der Waals surface area contributed by atoms with E-state index in [2.05, 4.69) is 77.7 Å². The van der Waals surface area contributed by atoms with Crippen LogP contribution in [-0.2, 0) is 4.79 Å². The summed E-state index contributed by atoms with van der Waals surface area (Å²) in [5.74, 6) is 0.435. The molecule has 4 rings (SSSR count). The number of H-pyrrole nitrogens is 1. The van der Waals surface area contributed by atoms with E-state index in [1.54, 1.807) is 6.20 Å². The van der Waals surface area contributed by atoms with Gasteiger partial charge >= 0.3 is 0 Å². The Bertz CT molecular complexity index is 1150. The Balaban J connectivity index is 1.60. The molecule has 32 heavy (non-hydrogen) atoms. The van der Waals surface area contributed by atoms with Gasteiger partial charge in [0.15, 0.2) is 5.16 Å². The first-order chi connectivity index (χ1) is 15.4. The van der Waals surface area contributed by atoms with Crippen LogP contribution >= 0.6 is 11.8 Å². The second kappa shape index (κ2) is 9.40. The average Bonchev–Trinajstić information content (AvgIpc) is 3.20. The van der Waals surface area contributed by atoms with Gasteiger partial charge in [-0.2, -0.15) is 0 Å². The monoisotopic (exact) mass is 442 g/mol. The number of thioether (sulfide) groups is 1. The number of amides is 1. The highest BCUT2D eigenvalue weighted by molar-refractivity contribution is 8.00. The van der Waals surface area contributed by atoms with Crippen LogP contribution in [0.5, 0.6) is 0 Å². The number of nitrogens with zero attached hydrogens (tertiary/aromatic N) is 2. The van der Waals surface area contributed by atoms with Gasteiger partial charge < -0.3 is 10.3 Å². The quantitative estimate of drug-likeness (QED) is 0.350. The number of aromatic nitrogens is 3. The number of pyridine rings is 1. The van der Waals surface area contributed by atoms with Crippen molar-refractivity contribution in [3.8, 4) is 22.5 Å². The molecule has 0 bridgehead atoms. The molecule has 0 aliphatic rings. The summed E-state index contributed by atoms with van der Waals surface area (Å²) in [6, 6.07) is 20.4. The Morgan fingerprint density at radius 3 is 2.06 bits per heavy atom. The van der Waals surface area contributed by atoms with Crippen molar-refractivity contribution >= 4 is 23.5 Å². The lowest BCUT2D eigenvalue weighted by atomic mass is 10.0. The summed E-state index contributed by atoms with van der Waals surface area (Å²) < 4.78 is 0. The van der Waals surface area contributed by atoms with Crippen LogP contribution in [-0.4, -0.2) is 26.1 Å². The number of aromatic amines is 1. The van der Waals surface area contributed by atoms with Gasteiger partial charge in [-0.05, 0) is 39.3 Å². The van der Waals surface area contributed by atoms with Crippen molar-refractivity contribution in [1.82, 2.24) is 15.0 Å². The van der Waals surface area contributed by atoms with E-state index in [9.17, 15) is 4.79 Å². The molecule has 2 aromatic carbocycles. The van der Waals surface area contributed by atoms with Crippen LogP contribution in [0.25, 0.3) is 22.5 Å². The van der Waals surface area contributed by atoms with Gasteiger partial charge in [-0.15, -0.1) is 0 Å². The maximum atomic E-state index is 12.7. The highest BCUT2D eigenvalue weighted by Gasteiger charge is 2.20. The molecule has 0 saturated carbocycles. The fraction of sp³-hybridized carbons (Fsp3) is 0.192. The molecule has 0 radical (unpaired) electrons. The SMILES string of the molecule is Cc1ccc(-c2nc(SC(C)C(=O)Nc3ccc(C)cn3)[nH]c2-c2ccc(C)cc2)cc1. The Morgan fingerprint density at radius 2 is 1.47 bits per heavy atom. The van der Waals surface area contributed by atoms with Crippen LogP contribution in [0.15, 0.2) is 72.0 Å². The van der Waals surface area contributed by atoms with E-state index >= 15 is 0 Å². The van der Waals surface area contributed by atoms with Gasteiger partial charge in [-0.3, -0.25) is 4.79 Å². The highest BCUT2D eigenvalue weighted by atomic mass is 32.2. The average molecular weight is 443 g/mol. The number of nitrogens with one attached hydrogen (secondary N) is 2. The normalized spacial score (nSPS) is 11.9. The molecule has 1 amide bonds. The number of anilines is 1. The predicted molar refractivity (Wildman–Crippen MR) is 132 cm³/mol. The third-order valence-corrected chi connectivity index (χ3v) is 6.15. The molecule has 4 aromatic rings. The summed E-state index contributed by atoms with van der Waals surface area (Å²) in [7, 11) is 0. The Labute approximate surface area is 192 Å².